The molecule has 3 nitrogen and oxygen atoms in total. The molecule has 0 amide bonds. The molecule has 0 radical (unpaired) electrons. The van der Waals surface area contributed by atoms with Crippen molar-refractivity contribution < 1.29 is 13.2 Å². The Morgan fingerprint density at radius 2 is 1.94 bits per heavy atom. The van der Waals surface area contributed by atoms with E-state index in [1.54, 1.807) is 7.05 Å². The van der Waals surface area contributed by atoms with Crippen molar-refractivity contribution in [2.45, 2.75) is 12.2 Å². The van der Waals surface area contributed by atoms with Crippen LogP contribution in [-0.4, -0.2) is 33.2 Å². The number of nitrogens with zero attached hydrogens (tertiary/aromatic N) is 2. The Morgan fingerprint density at radius 3 is 2.50 bits per heavy atom. The molecule has 0 spiro atoms. The van der Waals surface area contributed by atoms with Crippen LogP contribution in [0.15, 0.2) is 18.2 Å². The Morgan fingerprint density at radius 1 is 1.28 bits per heavy atom. The van der Waals surface area contributed by atoms with Gasteiger partial charge in [-0.25, -0.2) is 0 Å². The second-order valence-electron chi connectivity index (χ2n) is 4.58. The van der Waals surface area contributed by atoms with Crippen LogP contribution in [0.2, 0.25) is 0 Å². The fourth-order valence-corrected chi connectivity index (χ4v) is 2.27. The summed E-state index contributed by atoms with van der Waals surface area (Å²) in [6.07, 6.45) is -4.31. The van der Waals surface area contributed by atoms with Gasteiger partial charge in [0.1, 0.15) is 0 Å². The number of rotatable bonds is 1. The number of anilines is 2. The summed E-state index contributed by atoms with van der Waals surface area (Å²) in [5.41, 5.74) is 6.42. The molecule has 0 saturated heterocycles. The highest BCUT2D eigenvalue weighted by Crippen LogP contribution is 2.38. The smallest absolute Gasteiger partial charge is 0.371 e. The average Bonchev–Trinajstić information content (AvgIpc) is 2.32. The molecule has 100 valence electrons. The zero-order valence-corrected chi connectivity index (χ0v) is 10.3. The van der Waals surface area contributed by atoms with Crippen LogP contribution in [0.1, 0.15) is 5.56 Å². The summed E-state index contributed by atoms with van der Waals surface area (Å²) in [7, 11) is 3.64. The number of alkyl halides is 3. The zero-order valence-electron chi connectivity index (χ0n) is 10.3. The molecular weight excluding hydrogens is 243 g/mol. The van der Waals surface area contributed by atoms with E-state index in [0.29, 0.717) is 18.8 Å². The predicted molar refractivity (Wildman–Crippen MR) is 66.0 cm³/mol. The maximum Gasteiger partial charge on any atom is 0.416 e. The van der Waals surface area contributed by atoms with Crippen molar-refractivity contribution in [3.63, 3.8) is 0 Å². The molecule has 1 aromatic carbocycles. The Balaban J connectivity index is 2.45. The maximum atomic E-state index is 12.7. The summed E-state index contributed by atoms with van der Waals surface area (Å²) in [5, 5.41) is 0. The highest BCUT2D eigenvalue weighted by Gasteiger charge is 2.33. The lowest BCUT2D eigenvalue weighted by atomic mass is 10.1. The molecule has 6 heteroatoms. The Labute approximate surface area is 104 Å². The van der Waals surface area contributed by atoms with E-state index >= 15 is 0 Å². The number of nitrogens with two attached hydrogens (primary N) is 1. The molecule has 2 rings (SSSR count). The molecule has 2 N–H and O–H groups in total. The summed E-state index contributed by atoms with van der Waals surface area (Å²) in [6.45, 7) is 1.10. The van der Waals surface area contributed by atoms with E-state index in [0.717, 1.165) is 11.8 Å². The van der Waals surface area contributed by atoms with E-state index in [4.69, 9.17) is 5.73 Å². The van der Waals surface area contributed by atoms with Gasteiger partial charge < -0.3 is 15.5 Å². The topological polar surface area (TPSA) is 32.5 Å². The van der Waals surface area contributed by atoms with Crippen LogP contribution >= 0.6 is 0 Å². The molecule has 0 aliphatic carbocycles. The van der Waals surface area contributed by atoms with Crippen molar-refractivity contribution in [1.29, 1.82) is 0 Å². The van der Waals surface area contributed by atoms with Gasteiger partial charge in [0.15, 0.2) is 0 Å². The predicted octanol–water partition coefficient (Wildman–Crippen LogP) is 1.92. The molecule has 1 unspecified atom stereocenters. The van der Waals surface area contributed by atoms with Gasteiger partial charge in [-0.15, -0.1) is 0 Å². The quantitative estimate of drug-likeness (QED) is 0.836. The Bertz CT molecular complexity index is 445. The van der Waals surface area contributed by atoms with Crippen molar-refractivity contribution in [3.05, 3.63) is 23.8 Å². The Hall–Kier alpha value is -1.43. The van der Waals surface area contributed by atoms with Gasteiger partial charge in [-0.3, -0.25) is 0 Å². The van der Waals surface area contributed by atoms with Crippen LogP contribution in [0.3, 0.4) is 0 Å². The number of hydrogen-bond donors (Lipinski definition) is 1. The Kier molecular flexibility index (Phi) is 3.14. The summed E-state index contributed by atoms with van der Waals surface area (Å²) in [6, 6.07) is 3.94. The molecule has 0 saturated carbocycles. The van der Waals surface area contributed by atoms with Gasteiger partial charge in [0, 0.05) is 27.2 Å². The fourth-order valence-electron chi connectivity index (χ4n) is 2.27. The minimum absolute atomic E-state index is 0.124. The van der Waals surface area contributed by atoms with Gasteiger partial charge in [0.2, 0.25) is 0 Å². The lowest BCUT2D eigenvalue weighted by Gasteiger charge is -2.41. The number of hydrogen-bond acceptors (Lipinski definition) is 3. The first-order chi connectivity index (χ1) is 8.34. The number of fused-ring (bicyclic) bond motifs is 1. The molecule has 0 bridgehead atoms. The highest BCUT2D eigenvalue weighted by atomic mass is 19.4. The van der Waals surface area contributed by atoms with Crippen LogP contribution in [0.5, 0.6) is 0 Å². The highest BCUT2D eigenvalue weighted by molar-refractivity contribution is 5.74. The van der Waals surface area contributed by atoms with Crippen LogP contribution in [-0.2, 0) is 6.18 Å². The van der Waals surface area contributed by atoms with Gasteiger partial charge in [-0.2, -0.15) is 13.2 Å². The summed E-state index contributed by atoms with van der Waals surface area (Å²) < 4.78 is 38.0. The lowest BCUT2D eigenvalue weighted by Crippen LogP contribution is -2.49. The largest absolute Gasteiger partial charge is 0.416 e. The van der Waals surface area contributed by atoms with Gasteiger partial charge in [-0.1, -0.05) is 0 Å². The minimum Gasteiger partial charge on any atom is -0.371 e. The molecule has 1 atom stereocenters. The number of benzene rings is 1. The normalized spacial score (nSPS) is 20.0. The van der Waals surface area contributed by atoms with Crippen molar-refractivity contribution in [3.8, 4) is 0 Å². The van der Waals surface area contributed by atoms with Gasteiger partial charge in [-0.05, 0) is 18.2 Å². The van der Waals surface area contributed by atoms with Gasteiger partial charge in [0.05, 0.1) is 23.0 Å². The fraction of sp³-hybridized carbons (Fsp3) is 0.500. The van der Waals surface area contributed by atoms with Crippen molar-refractivity contribution >= 4 is 11.4 Å². The molecule has 0 aromatic heterocycles. The third-order valence-electron chi connectivity index (χ3n) is 3.40. The van der Waals surface area contributed by atoms with Gasteiger partial charge in [0.25, 0.3) is 0 Å². The molecule has 1 aliphatic rings. The van der Waals surface area contributed by atoms with Crippen LogP contribution < -0.4 is 15.5 Å². The maximum absolute atomic E-state index is 12.7. The minimum atomic E-state index is -4.31. The van der Waals surface area contributed by atoms with Crippen molar-refractivity contribution in [2.24, 2.45) is 5.73 Å². The average molecular weight is 259 g/mol. The lowest BCUT2D eigenvalue weighted by molar-refractivity contribution is -0.137. The van der Waals surface area contributed by atoms with Gasteiger partial charge >= 0.3 is 6.18 Å². The number of likely N-dealkylation sites (N-methyl/N-ethyl adjacent to an activating group) is 2. The second-order valence-corrected chi connectivity index (χ2v) is 4.58. The zero-order chi connectivity index (χ0) is 13.5. The molecule has 1 heterocycles. The summed E-state index contributed by atoms with van der Waals surface area (Å²) >= 11 is 0. The second kappa shape index (κ2) is 4.35. The first kappa shape index (κ1) is 13.0. The van der Waals surface area contributed by atoms with Crippen molar-refractivity contribution in [2.75, 3.05) is 37.0 Å². The molecule has 1 aliphatic heterocycles. The standard InChI is InChI=1S/C12H16F3N3/c1-17-7-9(6-16)18(2)10-4-3-8(5-11(10)17)12(13,14)15/h3-5,9H,6-7,16H2,1-2H3. The first-order valence-electron chi connectivity index (χ1n) is 5.70. The molecule has 18 heavy (non-hydrogen) atoms. The van der Waals surface area contributed by atoms with E-state index < -0.39 is 11.7 Å². The first-order valence-corrected chi connectivity index (χ1v) is 5.70. The molecule has 1 aromatic rings. The van der Waals surface area contributed by atoms with Crippen molar-refractivity contribution in [1.82, 2.24) is 0 Å². The molecular formula is C12H16F3N3. The van der Waals surface area contributed by atoms with E-state index in [1.807, 2.05) is 16.8 Å². The summed E-state index contributed by atoms with van der Waals surface area (Å²) in [4.78, 5) is 3.76. The summed E-state index contributed by atoms with van der Waals surface area (Å²) in [5.74, 6) is 0. The SMILES string of the molecule is CN1CC(CN)N(C)c2ccc(C(F)(F)F)cc21. The van der Waals surface area contributed by atoms with Crippen LogP contribution in [0, 0.1) is 0 Å². The van der Waals surface area contributed by atoms with Crippen LogP contribution in [0.4, 0.5) is 24.5 Å². The van der Waals surface area contributed by atoms with E-state index in [9.17, 15) is 13.2 Å². The third-order valence-corrected chi connectivity index (χ3v) is 3.40. The van der Waals surface area contributed by atoms with E-state index in [1.165, 1.54) is 12.1 Å². The monoisotopic (exact) mass is 259 g/mol. The number of halogens is 3. The van der Waals surface area contributed by atoms with E-state index in [2.05, 4.69) is 0 Å². The van der Waals surface area contributed by atoms with Crippen LogP contribution in [0.25, 0.3) is 0 Å². The molecule has 0 fully saturated rings. The van der Waals surface area contributed by atoms with E-state index in [-0.39, 0.29) is 6.04 Å². The third kappa shape index (κ3) is 2.12.